The van der Waals surface area contributed by atoms with Gasteiger partial charge in [-0.05, 0) is 88.2 Å². The molecule has 2 aromatic rings. The molecule has 8 nitrogen and oxygen atoms in total. The summed E-state index contributed by atoms with van der Waals surface area (Å²) in [5, 5.41) is 17.0. The highest BCUT2D eigenvalue weighted by Gasteiger charge is 2.32. The second kappa shape index (κ2) is 12.3. The van der Waals surface area contributed by atoms with Crippen molar-refractivity contribution in [2.45, 2.75) is 89.2 Å². The van der Waals surface area contributed by atoms with Crippen molar-refractivity contribution < 1.29 is 14.6 Å². The average molecular weight is 522 g/mol. The van der Waals surface area contributed by atoms with Crippen molar-refractivity contribution in [2.24, 2.45) is 11.8 Å². The molecule has 1 saturated heterocycles. The standard InChI is InChI=1S/C30H43N5O3/c1-20-6-8-22(9-7-20)29(37)35-16-14-21(15-17-35)27-19-31-30(33-24-4-3-5-26(18-24)38-2)34-28(27)32-23-10-12-25(36)13-11-23/h3-5,18-23,25,36H,6-17H2,1-2H3,(H2,31,32,33,34). The number of aliphatic hydroxyl groups excluding tert-OH is 1. The maximum absolute atomic E-state index is 13.2. The maximum Gasteiger partial charge on any atom is 0.229 e. The van der Waals surface area contributed by atoms with Gasteiger partial charge in [0, 0.05) is 48.6 Å². The number of nitrogens with one attached hydrogen (secondary N) is 2. The quantitative estimate of drug-likeness (QED) is 0.444. The highest BCUT2D eigenvalue weighted by molar-refractivity contribution is 5.79. The van der Waals surface area contributed by atoms with Crippen LogP contribution in [0.25, 0.3) is 0 Å². The van der Waals surface area contributed by atoms with E-state index in [0.717, 1.165) is 93.2 Å². The average Bonchev–Trinajstić information content (AvgIpc) is 2.95. The van der Waals surface area contributed by atoms with Crippen LogP contribution in [0.15, 0.2) is 30.5 Å². The number of methoxy groups -OCH3 is 1. The lowest BCUT2D eigenvalue weighted by atomic mass is 9.81. The Morgan fingerprint density at radius 2 is 1.76 bits per heavy atom. The summed E-state index contributed by atoms with van der Waals surface area (Å²) in [6.07, 6.45) is 11.5. The predicted molar refractivity (Wildman–Crippen MR) is 150 cm³/mol. The summed E-state index contributed by atoms with van der Waals surface area (Å²) in [6.45, 7) is 3.90. The summed E-state index contributed by atoms with van der Waals surface area (Å²) >= 11 is 0. The van der Waals surface area contributed by atoms with E-state index in [9.17, 15) is 9.90 Å². The molecule has 38 heavy (non-hydrogen) atoms. The van der Waals surface area contributed by atoms with Gasteiger partial charge in [0.15, 0.2) is 0 Å². The number of carbonyl (C=O) groups excluding carboxylic acids is 1. The lowest BCUT2D eigenvalue weighted by Gasteiger charge is -2.36. The summed E-state index contributed by atoms with van der Waals surface area (Å²) < 4.78 is 5.35. The van der Waals surface area contributed by atoms with Crippen molar-refractivity contribution in [2.75, 3.05) is 30.8 Å². The lowest BCUT2D eigenvalue weighted by molar-refractivity contribution is -0.137. The third-order valence-electron chi connectivity index (χ3n) is 8.79. The number of anilines is 3. The number of nitrogens with zero attached hydrogens (tertiary/aromatic N) is 3. The minimum absolute atomic E-state index is 0.197. The van der Waals surface area contributed by atoms with E-state index in [1.165, 1.54) is 12.8 Å². The molecule has 3 N–H and O–H groups in total. The molecule has 1 aromatic heterocycles. The largest absolute Gasteiger partial charge is 0.497 e. The Morgan fingerprint density at radius 1 is 1.03 bits per heavy atom. The molecule has 5 rings (SSSR count). The zero-order valence-corrected chi connectivity index (χ0v) is 22.9. The molecular weight excluding hydrogens is 478 g/mol. The first-order valence-electron chi connectivity index (χ1n) is 14.5. The first-order valence-corrected chi connectivity index (χ1v) is 14.5. The predicted octanol–water partition coefficient (Wildman–Crippen LogP) is 5.48. The smallest absolute Gasteiger partial charge is 0.229 e. The number of hydrogen-bond acceptors (Lipinski definition) is 7. The Kier molecular flexibility index (Phi) is 8.67. The van der Waals surface area contributed by atoms with Gasteiger partial charge in [0.05, 0.1) is 13.2 Å². The van der Waals surface area contributed by atoms with Crippen LogP contribution in [0.4, 0.5) is 17.5 Å². The van der Waals surface area contributed by atoms with E-state index in [-0.39, 0.29) is 18.1 Å². The fourth-order valence-corrected chi connectivity index (χ4v) is 6.29. The van der Waals surface area contributed by atoms with Gasteiger partial charge in [0.2, 0.25) is 11.9 Å². The van der Waals surface area contributed by atoms with Crippen LogP contribution in [-0.2, 0) is 4.79 Å². The van der Waals surface area contributed by atoms with Crippen molar-refractivity contribution in [3.05, 3.63) is 36.0 Å². The normalized spacial score (nSPS) is 26.6. The van der Waals surface area contributed by atoms with E-state index in [2.05, 4.69) is 27.4 Å². The first-order chi connectivity index (χ1) is 18.5. The Hall–Kier alpha value is -2.87. The van der Waals surface area contributed by atoms with Crippen molar-refractivity contribution >= 4 is 23.4 Å². The number of hydrogen-bond donors (Lipinski definition) is 3. The first kappa shape index (κ1) is 26.7. The fourth-order valence-electron chi connectivity index (χ4n) is 6.29. The van der Waals surface area contributed by atoms with Gasteiger partial charge in [-0.1, -0.05) is 13.0 Å². The second-order valence-corrected chi connectivity index (χ2v) is 11.6. The number of carbonyl (C=O) groups is 1. The highest BCUT2D eigenvalue weighted by atomic mass is 16.5. The second-order valence-electron chi connectivity index (χ2n) is 11.6. The molecule has 0 unspecified atom stereocenters. The molecule has 8 heteroatoms. The molecule has 0 bridgehead atoms. The highest BCUT2D eigenvalue weighted by Crippen LogP contribution is 2.36. The molecule has 2 aliphatic carbocycles. The molecular formula is C30H43N5O3. The molecule has 3 aliphatic rings. The molecule has 1 aliphatic heterocycles. The summed E-state index contributed by atoms with van der Waals surface area (Å²) in [7, 11) is 1.65. The number of benzene rings is 1. The van der Waals surface area contributed by atoms with Crippen LogP contribution in [0.1, 0.15) is 82.6 Å². The summed E-state index contributed by atoms with van der Waals surface area (Å²) in [6, 6.07) is 8.02. The minimum Gasteiger partial charge on any atom is -0.497 e. The van der Waals surface area contributed by atoms with Crippen LogP contribution in [0, 0.1) is 11.8 Å². The Balaban J connectivity index is 1.29. The molecule has 3 fully saturated rings. The van der Waals surface area contributed by atoms with Crippen LogP contribution >= 0.6 is 0 Å². The number of aliphatic hydroxyl groups is 1. The molecule has 2 heterocycles. The van der Waals surface area contributed by atoms with Gasteiger partial charge in [-0.2, -0.15) is 4.98 Å². The van der Waals surface area contributed by atoms with Gasteiger partial charge in [-0.15, -0.1) is 0 Å². The molecule has 206 valence electrons. The Labute approximate surface area is 226 Å². The number of likely N-dealkylation sites (tertiary alicyclic amines) is 1. The van der Waals surface area contributed by atoms with E-state index in [1.807, 2.05) is 30.5 Å². The molecule has 1 amide bonds. The molecule has 0 spiro atoms. The Morgan fingerprint density at radius 3 is 2.47 bits per heavy atom. The van der Waals surface area contributed by atoms with Crippen molar-refractivity contribution in [3.8, 4) is 5.75 Å². The third-order valence-corrected chi connectivity index (χ3v) is 8.79. The monoisotopic (exact) mass is 521 g/mol. The zero-order chi connectivity index (χ0) is 26.5. The fraction of sp³-hybridized carbons (Fsp3) is 0.633. The van der Waals surface area contributed by atoms with E-state index in [1.54, 1.807) is 7.11 Å². The van der Waals surface area contributed by atoms with Crippen LogP contribution < -0.4 is 15.4 Å². The van der Waals surface area contributed by atoms with Crippen LogP contribution in [-0.4, -0.2) is 58.2 Å². The zero-order valence-electron chi connectivity index (χ0n) is 22.9. The summed E-state index contributed by atoms with van der Waals surface area (Å²) in [4.78, 5) is 24.9. The topological polar surface area (TPSA) is 99.6 Å². The number of ether oxygens (including phenoxy) is 1. The minimum atomic E-state index is -0.197. The van der Waals surface area contributed by atoms with E-state index < -0.39 is 0 Å². The number of piperidine rings is 1. The van der Waals surface area contributed by atoms with E-state index in [0.29, 0.717) is 17.8 Å². The lowest BCUT2D eigenvalue weighted by Crippen LogP contribution is -2.42. The number of aromatic nitrogens is 2. The van der Waals surface area contributed by atoms with Crippen LogP contribution in [0.3, 0.4) is 0 Å². The maximum atomic E-state index is 13.2. The molecule has 0 radical (unpaired) electrons. The number of rotatable bonds is 7. The number of amides is 1. The van der Waals surface area contributed by atoms with Crippen molar-refractivity contribution in [3.63, 3.8) is 0 Å². The van der Waals surface area contributed by atoms with Gasteiger partial charge < -0.3 is 25.4 Å². The Bertz CT molecular complexity index is 1070. The van der Waals surface area contributed by atoms with Gasteiger partial charge in [-0.3, -0.25) is 4.79 Å². The van der Waals surface area contributed by atoms with Gasteiger partial charge in [0.1, 0.15) is 11.6 Å². The molecule has 1 aromatic carbocycles. The summed E-state index contributed by atoms with van der Waals surface area (Å²) in [5.74, 6) is 3.83. The van der Waals surface area contributed by atoms with E-state index >= 15 is 0 Å². The van der Waals surface area contributed by atoms with Crippen LogP contribution in [0.2, 0.25) is 0 Å². The summed E-state index contributed by atoms with van der Waals surface area (Å²) in [5.41, 5.74) is 2.00. The van der Waals surface area contributed by atoms with Gasteiger partial charge in [-0.25, -0.2) is 4.98 Å². The third kappa shape index (κ3) is 6.57. The van der Waals surface area contributed by atoms with E-state index in [4.69, 9.17) is 9.72 Å². The molecule has 0 atom stereocenters. The van der Waals surface area contributed by atoms with Crippen LogP contribution in [0.5, 0.6) is 5.75 Å². The van der Waals surface area contributed by atoms with Gasteiger partial charge in [0.25, 0.3) is 0 Å². The van der Waals surface area contributed by atoms with Crippen molar-refractivity contribution in [1.29, 1.82) is 0 Å². The van der Waals surface area contributed by atoms with Crippen molar-refractivity contribution in [1.82, 2.24) is 14.9 Å². The SMILES string of the molecule is COc1cccc(Nc2ncc(C3CCN(C(=O)C4CCC(C)CC4)CC3)c(NC3CCC(O)CC3)n2)c1. The molecule has 2 saturated carbocycles. The van der Waals surface area contributed by atoms with Gasteiger partial charge >= 0.3 is 0 Å².